The highest BCUT2D eigenvalue weighted by atomic mass is 16.8. The van der Waals surface area contributed by atoms with Gasteiger partial charge in [-0.25, -0.2) is 4.79 Å². The Morgan fingerprint density at radius 1 is 0.649 bits per heavy atom. The van der Waals surface area contributed by atoms with Gasteiger partial charge in [0.25, 0.3) is 0 Å². The second kappa shape index (κ2) is 22.6. The molecule has 27 heteroatoms. The molecule has 0 radical (unpaired) electrons. The summed E-state index contributed by atoms with van der Waals surface area (Å²) in [6.07, 6.45) is -33.0. The number of aliphatic hydroxyl groups excluding tert-OH is 10. The van der Waals surface area contributed by atoms with Gasteiger partial charge >= 0.3 is 5.97 Å². The van der Waals surface area contributed by atoms with E-state index >= 15 is 0 Å². The van der Waals surface area contributed by atoms with Crippen LogP contribution in [0.3, 0.4) is 0 Å². The van der Waals surface area contributed by atoms with Gasteiger partial charge in [0.05, 0.1) is 25.9 Å². The van der Waals surface area contributed by atoms with Crippen LogP contribution in [0.5, 0.6) is 34.5 Å². The summed E-state index contributed by atoms with van der Waals surface area (Å²) in [4.78, 5) is 27.5. The first kappa shape index (κ1) is 54.5. The normalized spacial score (nSPS) is 35.7. The Kier molecular flexibility index (Phi) is 16.6. The van der Waals surface area contributed by atoms with E-state index in [2.05, 4.69) is 0 Å². The first-order chi connectivity index (χ1) is 35.1. The van der Waals surface area contributed by atoms with Crippen LogP contribution in [0.1, 0.15) is 12.5 Å². The first-order valence-electron chi connectivity index (χ1n) is 22.8. The molecule has 4 saturated heterocycles. The third-order valence-electron chi connectivity index (χ3n) is 12.7. The maximum absolute atomic E-state index is 14.4. The molecule has 3 aromatic carbocycles. The van der Waals surface area contributed by atoms with Crippen molar-refractivity contribution in [2.75, 3.05) is 19.8 Å². The summed E-state index contributed by atoms with van der Waals surface area (Å²) >= 11 is 0. The summed E-state index contributed by atoms with van der Waals surface area (Å²) in [7, 11) is 0. The number of phenols is 5. The molecule has 0 spiro atoms. The van der Waals surface area contributed by atoms with E-state index < -0.39 is 193 Å². The lowest BCUT2D eigenvalue weighted by Crippen LogP contribution is -2.66. The molecule has 0 amide bonds. The number of hydrogen-bond donors (Lipinski definition) is 15. The van der Waals surface area contributed by atoms with Gasteiger partial charge in [-0.1, -0.05) is 12.1 Å². The molecule has 0 bridgehead atoms. The molecule has 5 heterocycles. The Hall–Kier alpha value is -5.80. The minimum atomic E-state index is -2.23. The quantitative estimate of drug-likeness (QED) is 0.0332. The Morgan fingerprint density at radius 3 is 2.03 bits per heavy atom. The number of esters is 1. The molecule has 1 aromatic heterocycles. The summed E-state index contributed by atoms with van der Waals surface area (Å²) in [5, 5.41) is 159. The number of hydrogen-bond acceptors (Lipinski definition) is 27. The fourth-order valence-corrected chi connectivity index (χ4v) is 8.57. The molecule has 0 saturated carbocycles. The zero-order valence-electron chi connectivity index (χ0n) is 38.5. The molecule has 4 aromatic rings. The van der Waals surface area contributed by atoms with Crippen LogP contribution in [-0.2, 0) is 42.7 Å². The zero-order chi connectivity index (χ0) is 53.4. The Bertz CT molecular complexity index is 2680. The Morgan fingerprint density at radius 2 is 1.32 bits per heavy atom. The predicted octanol–water partition coefficient (Wildman–Crippen LogP) is -3.43. The summed E-state index contributed by atoms with van der Waals surface area (Å²) in [5.41, 5.74) is -1.31. The van der Waals surface area contributed by atoms with Crippen LogP contribution in [-0.4, -0.2) is 219 Å². The average molecular weight is 1050 g/mol. The predicted molar refractivity (Wildman–Crippen MR) is 240 cm³/mol. The van der Waals surface area contributed by atoms with Crippen LogP contribution in [0.15, 0.2) is 69.9 Å². The number of aliphatic hydroxyl groups is 10. The maximum atomic E-state index is 14.4. The number of ether oxygens (including phenoxy) is 9. The van der Waals surface area contributed by atoms with E-state index in [1.54, 1.807) is 0 Å². The van der Waals surface area contributed by atoms with Crippen molar-refractivity contribution in [3.05, 3.63) is 76.5 Å². The molecule has 0 unspecified atom stereocenters. The fourth-order valence-electron chi connectivity index (χ4n) is 8.57. The van der Waals surface area contributed by atoms with E-state index in [4.69, 9.17) is 47.0 Å². The van der Waals surface area contributed by atoms with Crippen LogP contribution in [0, 0.1) is 0 Å². The molecule has 27 nitrogen and oxygen atoms in total. The molecule has 8 rings (SSSR count). The molecule has 4 aliphatic rings. The van der Waals surface area contributed by atoms with E-state index in [0.717, 1.165) is 36.4 Å². The van der Waals surface area contributed by atoms with E-state index in [1.165, 1.54) is 37.3 Å². The van der Waals surface area contributed by atoms with Crippen molar-refractivity contribution in [3.63, 3.8) is 0 Å². The average Bonchev–Trinajstić information content (AvgIpc) is 3.36. The molecular formula is C47H54O27. The fraction of sp³-hybridized carbons (Fsp3) is 0.489. The van der Waals surface area contributed by atoms with Gasteiger partial charge in [-0.2, -0.15) is 0 Å². The first-order valence-corrected chi connectivity index (χ1v) is 22.8. The van der Waals surface area contributed by atoms with Crippen molar-refractivity contribution >= 4 is 23.0 Å². The van der Waals surface area contributed by atoms with E-state index in [1.807, 2.05) is 0 Å². The van der Waals surface area contributed by atoms with Gasteiger partial charge in [-0.15, -0.1) is 0 Å². The summed E-state index contributed by atoms with van der Waals surface area (Å²) < 4.78 is 58.1. The van der Waals surface area contributed by atoms with Crippen LogP contribution < -0.4 is 10.2 Å². The number of benzene rings is 3. The van der Waals surface area contributed by atoms with Gasteiger partial charge < -0.3 is 124 Å². The highest BCUT2D eigenvalue weighted by molar-refractivity contribution is 5.88. The van der Waals surface area contributed by atoms with Gasteiger partial charge in [0, 0.05) is 23.8 Å². The lowest BCUT2D eigenvalue weighted by atomic mass is 9.97. The monoisotopic (exact) mass is 1050 g/mol. The van der Waals surface area contributed by atoms with E-state index in [9.17, 15) is 86.2 Å². The maximum Gasteiger partial charge on any atom is 0.331 e. The van der Waals surface area contributed by atoms with Crippen molar-refractivity contribution in [2.24, 2.45) is 0 Å². The van der Waals surface area contributed by atoms with Crippen molar-refractivity contribution in [3.8, 4) is 45.8 Å². The number of fused-ring (bicyclic) bond motifs is 1. The van der Waals surface area contributed by atoms with Crippen molar-refractivity contribution in [2.45, 2.75) is 124 Å². The summed E-state index contributed by atoms with van der Waals surface area (Å²) in [6, 6.07) is 10.6. The Labute approximate surface area is 416 Å². The third kappa shape index (κ3) is 11.2. The molecule has 4 aliphatic heterocycles. The topological polar surface area (TPSA) is 434 Å². The van der Waals surface area contributed by atoms with E-state index in [-0.39, 0.29) is 11.3 Å². The second-order valence-corrected chi connectivity index (χ2v) is 17.8. The molecule has 74 heavy (non-hydrogen) atoms. The molecule has 19 atom stereocenters. The standard InChI is InChI=1S/C47H54O27/c1-16-39(71-28(55)9-4-17-2-6-19(49)7-3-17)42(72-44-36(62)30(56)24(54)14-65-44)38(64)45(67-16)66-15-27-32(58)35(61)43(74-46-37(63)34(60)31(57)26(13-48)69-46)47(70-27)73-41-33(59)29-23(53)11-20(50)12-25(29)68-40(41)18-5-8-21(51)22(52)10-18/h2-12,16,24,26-27,30-32,34-39,42-54,56-58,60-64H,13-15H2,1H3/b9-4+/t16-,24+,26+,27+,30-,31+,32+,34-,35-,36+,37+,38+,39-,42-,43+,44-,45+,46-,47-/m0/s1. The third-order valence-corrected chi connectivity index (χ3v) is 12.7. The van der Waals surface area contributed by atoms with Crippen LogP contribution >= 0.6 is 0 Å². The Balaban J connectivity index is 1.10. The molecule has 0 aliphatic carbocycles. The molecular weight excluding hydrogens is 996 g/mol. The highest BCUT2D eigenvalue weighted by Crippen LogP contribution is 2.41. The number of rotatable bonds is 14. The minimum Gasteiger partial charge on any atom is -0.508 e. The lowest BCUT2D eigenvalue weighted by Gasteiger charge is -2.47. The van der Waals surface area contributed by atoms with Gasteiger partial charge in [0.15, 0.2) is 48.3 Å². The van der Waals surface area contributed by atoms with Crippen LogP contribution in [0.2, 0.25) is 0 Å². The minimum absolute atomic E-state index is 0.0318. The molecule has 4 fully saturated rings. The number of phenolic OH excluding ortho intramolecular Hbond substituents is 5. The molecule has 404 valence electrons. The van der Waals surface area contributed by atoms with Gasteiger partial charge in [0.1, 0.15) is 101 Å². The van der Waals surface area contributed by atoms with Crippen LogP contribution in [0.25, 0.3) is 28.4 Å². The highest BCUT2D eigenvalue weighted by Gasteiger charge is 2.54. The number of aromatic hydroxyl groups is 5. The lowest BCUT2D eigenvalue weighted by molar-refractivity contribution is -0.366. The SMILES string of the molecule is C[C@@H]1O[C@@H](OC[C@H]2O[C@@H](Oc3c(-c4ccc(O)c(O)c4)oc4cc(O)cc(O)c4c3=O)[C@H](O[C@@H]3O[C@H](CO)[C@@H](O)[C@H](O)[C@H]3O)[C@@H](O)[C@@H]2O)[C@H](O)[C@H](O[C@@H]2OC[C@@H](O)[C@H](O)[C@H]2O)[C@H]1OC(=O)/C=C/c1ccc(O)cc1. The van der Waals surface area contributed by atoms with E-state index in [0.29, 0.717) is 5.56 Å². The summed E-state index contributed by atoms with van der Waals surface area (Å²) in [5.74, 6) is -5.15. The van der Waals surface area contributed by atoms with Gasteiger partial charge in [0.2, 0.25) is 17.5 Å². The van der Waals surface area contributed by atoms with Crippen molar-refractivity contribution < 1.29 is 128 Å². The van der Waals surface area contributed by atoms with Crippen LogP contribution in [0.4, 0.5) is 0 Å². The molecule has 15 N–H and O–H groups in total. The summed E-state index contributed by atoms with van der Waals surface area (Å²) in [6.45, 7) is -0.968. The number of carbonyl (C=O) groups is 1. The number of carbonyl (C=O) groups excluding carboxylic acids is 1. The smallest absolute Gasteiger partial charge is 0.331 e. The van der Waals surface area contributed by atoms with Gasteiger partial charge in [-0.05, 0) is 48.9 Å². The zero-order valence-corrected chi connectivity index (χ0v) is 38.5. The van der Waals surface area contributed by atoms with Gasteiger partial charge in [-0.3, -0.25) is 4.79 Å². The largest absolute Gasteiger partial charge is 0.508 e. The van der Waals surface area contributed by atoms with Crippen molar-refractivity contribution in [1.29, 1.82) is 0 Å². The second-order valence-electron chi connectivity index (χ2n) is 17.8. The van der Waals surface area contributed by atoms with Crippen molar-refractivity contribution in [1.82, 2.24) is 0 Å².